The zero-order chi connectivity index (χ0) is 25.6. The van der Waals surface area contributed by atoms with E-state index >= 15 is 0 Å². The molecular formula is C24H22F4N4O3S. The maximum atomic E-state index is 13.5. The number of piperidine rings is 2. The highest BCUT2D eigenvalue weighted by atomic mass is 32.1. The van der Waals surface area contributed by atoms with Gasteiger partial charge in [0.2, 0.25) is 0 Å². The topological polar surface area (TPSA) is 79.6 Å². The van der Waals surface area contributed by atoms with Crippen LogP contribution in [0.3, 0.4) is 0 Å². The molecule has 1 aromatic heterocycles. The SMILES string of the molecule is O=c1nc(N2CCC3CN(Cc4cccc(F)c4)CCC3C2)sc2c([N+](=O)[O-])cc(C(F)(F)F)cc12. The van der Waals surface area contributed by atoms with E-state index in [9.17, 15) is 32.5 Å². The number of fused-ring (bicyclic) bond motifs is 2. The van der Waals surface area contributed by atoms with Crippen LogP contribution < -0.4 is 10.5 Å². The Kier molecular flexibility index (Phi) is 6.41. The number of rotatable bonds is 4. The summed E-state index contributed by atoms with van der Waals surface area (Å²) in [7, 11) is 0. The summed E-state index contributed by atoms with van der Waals surface area (Å²) in [4.78, 5) is 31.6. The quantitative estimate of drug-likeness (QED) is 0.270. The molecule has 3 heterocycles. The molecule has 36 heavy (non-hydrogen) atoms. The van der Waals surface area contributed by atoms with Gasteiger partial charge in [-0.2, -0.15) is 18.2 Å². The number of nitrogens with zero attached hydrogens (tertiary/aromatic N) is 4. The lowest BCUT2D eigenvalue weighted by Gasteiger charge is -2.45. The first-order valence-corrected chi connectivity index (χ1v) is 12.3. The van der Waals surface area contributed by atoms with Gasteiger partial charge in [0.25, 0.3) is 11.2 Å². The Morgan fingerprint density at radius 1 is 1.11 bits per heavy atom. The number of hydrogen-bond donors (Lipinski definition) is 0. The first kappa shape index (κ1) is 24.6. The molecule has 0 spiro atoms. The summed E-state index contributed by atoms with van der Waals surface area (Å²) < 4.78 is 53.1. The van der Waals surface area contributed by atoms with Gasteiger partial charge in [-0.1, -0.05) is 23.5 Å². The molecule has 7 nitrogen and oxygen atoms in total. The van der Waals surface area contributed by atoms with Crippen LogP contribution in [0, 0.1) is 27.8 Å². The number of anilines is 1. The second-order valence-electron chi connectivity index (χ2n) is 9.34. The summed E-state index contributed by atoms with van der Waals surface area (Å²) in [5.74, 6) is 0.474. The Balaban J connectivity index is 1.35. The molecule has 0 amide bonds. The summed E-state index contributed by atoms with van der Waals surface area (Å²) in [6.45, 7) is 3.56. The molecule has 2 atom stereocenters. The van der Waals surface area contributed by atoms with Crippen LogP contribution in [0.25, 0.3) is 10.1 Å². The maximum absolute atomic E-state index is 13.5. The highest BCUT2D eigenvalue weighted by molar-refractivity contribution is 7.22. The molecule has 2 saturated heterocycles. The van der Waals surface area contributed by atoms with E-state index < -0.39 is 33.3 Å². The van der Waals surface area contributed by atoms with Crippen LogP contribution in [0.5, 0.6) is 0 Å². The van der Waals surface area contributed by atoms with E-state index in [2.05, 4.69) is 9.88 Å². The fourth-order valence-electron chi connectivity index (χ4n) is 5.21. The van der Waals surface area contributed by atoms with E-state index in [4.69, 9.17) is 0 Å². The third kappa shape index (κ3) is 4.92. The zero-order valence-corrected chi connectivity index (χ0v) is 19.8. The lowest BCUT2D eigenvalue weighted by molar-refractivity contribution is -0.383. The van der Waals surface area contributed by atoms with Gasteiger partial charge in [-0.05, 0) is 55.0 Å². The summed E-state index contributed by atoms with van der Waals surface area (Å²) in [5.41, 5.74) is -1.97. The van der Waals surface area contributed by atoms with Crippen molar-refractivity contribution in [3.63, 3.8) is 0 Å². The molecule has 0 saturated carbocycles. The van der Waals surface area contributed by atoms with Crippen LogP contribution in [0.4, 0.5) is 28.4 Å². The maximum Gasteiger partial charge on any atom is 0.416 e. The first-order valence-electron chi connectivity index (χ1n) is 11.5. The molecule has 2 fully saturated rings. The third-order valence-corrected chi connectivity index (χ3v) is 8.15. The number of hydrogen-bond acceptors (Lipinski definition) is 7. The Morgan fingerprint density at radius 3 is 2.58 bits per heavy atom. The first-order chi connectivity index (χ1) is 17.1. The molecule has 0 aliphatic carbocycles. The number of benzene rings is 2. The summed E-state index contributed by atoms with van der Waals surface area (Å²) in [5, 5.41) is 11.4. The smallest absolute Gasteiger partial charge is 0.348 e. The van der Waals surface area contributed by atoms with Crippen molar-refractivity contribution in [1.29, 1.82) is 0 Å². The Bertz CT molecular complexity index is 1380. The molecule has 2 aliphatic heterocycles. The van der Waals surface area contributed by atoms with Gasteiger partial charge in [-0.25, -0.2) is 4.39 Å². The Hall–Kier alpha value is -3.12. The number of halogens is 4. The van der Waals surface area contributed by atoms with Gasteiger partial charge in [0.05, 0.1) is 15.9 Å². The number of likely N-dealkylation sites (tertiary alicyclic amines) is 1. The van der Waals surface area contributed by atoms with Gasteiger partial charge >= 0.3 is 6.18 Å². The predicted molar refractivity (Wildman–Crippen MR) is 128 cm³/mol. The van der Waals surface area contributed by atoms with Crippen molar-refractivity contribution in [2.45, 2.75) is 25.6 Å². The van der Waals surface area contributed by atoms with E-state index in [1.807, 2.05) is 11.0 Å². The minimum atomic E-state index is -4.82. The van der Waals surface area contributed by atoms with Gasteiger partial charge in [0.15, 0.2) is 5.13 Å². The summed E-state index contributed by atoms with van der Waals surface area (Å²) >= 11 is 0.885. The molecular weight excluding hydrogens is 500 g/mol. The molecule has 12 heteroatoms. The molecule has 190 valence electrons. The Labute approximate surface area is 207 Å². The van der Waals surface area contributed by atoms with E-state index in [0.717, 1.165) is 42.8 Å². The van der Waals surface area contributed by atoms with Crippen LogP contribution in [0.2, 0.25) is 0 Å². The molecule has 0 radical (unpaired) electrons. The monoisotopic (exact) mass is 522 g/mol. The van der Waals surface area contributed by atoms with Crippen LogP contribution in [0.1, 0.15) is 24.0 Å². The molecule has 2 aliphatic rings. The molecule has 5 rings (SSSR count). The second-order valence-corrected chi connectivity index (χ2v) is 10.3. The minimum absolute atomic E-state index is 0.102. The van der Waals surface area contributed by atoms with Gasteiger partial charge in [0.1, 0.15) is 10.5 Å². The highest BCUT2D eigenvalue weighted by Gasteiger charge is 2.36. The van der Waals surface area contributed by atoms with E-state index in [1.54, 1.807) is 12.1 Å². The molecule has 0 bridgehead atoms. The number of aromatic nitrogens is 1. The van der Waals surface area contributed by atoms with Crippen molar-refractivity contribution in [3.05, 3.63) is 73.8 Å². The third-order valence-electron chi connectivity index (χ3n) is 6.98. The standard InChI is InChI=1S/C24H22F4N4O3S/c25-18-3-1-2-14(8-18)11-30-6-4-16-13-31(7-5-15(16)12-30)23-29-22(33)19-9-17(24(26,27)28)10-20(32(34)35)21(19)36-23/h1-3,8-10,15-16H,4-7,11-13H2. The van der Waals surface area contributed by atoms with Crippen molar-refractivity contribution in [3.8, 4) is 0 Å². The average Bonchev–Trinajstić information content (AvgIpc) is 2.82. The molecule has 2 aromatic carbocycles. The Morgan fingerprint density at radius 2 is 1.86 bits per heavy atom. The van der Waals surface area contributed by atoms with E-state index in [1.165, 1.54) is 6.07 Å². The van der Waals surface area contributed by atoms with Crippen molar-refractivity contribution >= 4 is 32.2 Å². The number of alkyl halides is 3. The van der Waals surface area contributed by atoms with E-state index in [0.29, 0.717) is 43.6 Å². The number of nitro groups is 1. The van der Waals surface area contributed by atoms with Crippen LogP contribution in [-0.2, 0) is 12.7 Å². The normalized spacial score (nSPS) is 20.9. The van der Waals surface area contributed by atoms with Gasteiger partial charge in [0, 0.05) is 32.2 Å². The van der Waals surface area contributed by atoms with Crippen LogP contribution in [0.15, 0.2) is 41.2 Å². The van der Waals surface area contributed by atoms with Crippen molar-refractivity contribution in [1.82, 2.24) is 9.88 Å². The van der Waals surface area contributed by atoms with Crippen LogP contribution in [-0.4, -0.2) is 41.0 Å². The van der Waals surface area contributed by atoms with E-state index in [-0.39, 0.29) is 15.6 Å². The number of nitro benzene ring substituents is 1. The number of non-ortho nitro benzene ring substituents is 1. The largest absolute Gasteiger partial charge is 0.416 e. The highest BCUT2D eigenvalue weighted by Crippen LogP contribution is 2.40. The van der Waals surface area contributed by atoms with Gasteiger partial charge in [-0.15, -0.1) is 0 Å². The zero-order valence-electron chi connectivity index (χ0n) is 19.0. The van der Waals surface area contributed by atoms with Gasteiger partial charge in [-0.3, -0.25) is 19.8 Å². The summed E-state index contributed by atoms with van der Waals surface area (Å²) in [6.07, 6.45) is -3.10. The van der Waals surface area contributed by atoms with Crippen LogP contribution >= 0.6 is 11.3 Å². The lowest BCUT2D eigenvalue weighted by Crippen LogP contribution is -2.49. The minimum Gasteiger partial charge on any atom is -0.348 e. The molecule has 0 N–H and O–H groups in total. The van der Waals surface area contributed by atoms with Crippen molar-refractivity contribution < 1.29 is 22.5 Å². The van der Waals surface area contributed by atoms with Crippen molar-refractivity contribution in [2.24, 2.45) is 11.8 Å². The average molecular weight is 523 g/mol. The van der Waals surface area contributed by atoms with Crippen molar-refractivity contribution in [2.75, 3.05) is 31.1 Å². The molecule has 3 aromatic rings. The lowest BCUT2D eigenvalue weighted by atomic mass is 9.80. The molecule has 2 unspecified atom stereocenters. The second kappa shape index (κ2) is 9.40. The summed E-state index contributed by atoms with van der Waals surface area (Å²) in [6, 6.07) is 7.68. The predicted octanol–water partition coefficient (Wildman–Crippen LogP) is 5.07. The van der Waals surface area contributed by atoms with Gasteiger partial charge < -0.3 is 4.90 Å². The fraction of sp³-hybridized carbons (Fsp3) is 0.417. The fourth-order valence-corrected chi connectivity index (χ4v) is 6.31.